The summed E-state index contributed by atoms with van der Waals surface area (Å²) in [6.45, 7) is 1.68. The number of halogens is 4. The first-order valence-corrected chi connectivity index (χ1v) is 8.76. The van der Waals surface area contributed by atoms with Crippen molar-refractivity contribution in [1.29, 1.82) is 0 Å². The van der Waals surface area contributed by atoms with Crippen LogP contribution < -0.4 is 5.32 Å². The number of hydrogen-bond acceptors (Lipinski definition) is 4. The second-order valence-electron chi connectivity index (χ2n) is 3.95. The Bertz CT molecular complexity index is 629. The fourth-order valence-corrected chi connectivity index (χ4v) is 3.00. The van der Waals surface area contributed by atoms with Gasteiger partial charge in [0.25, 0.3) is 9.84 Å². The Balaban J connectivity index is 3.10. The number of alkyl halides is 3. The molecule has 21 heavy (non-hydrogen) atoms. The van der Waals surface area contributed by atoms with Gasteiger partial charge in [-0.1, -0.05) is 6.92 Å². The van der Waals surface area contributed by atoms with Crippen LogP contribution in [0.5, 0.6) is 0 Å². The molecule has 0 saturated heterocycles. The van der Waals surface area contributed by atoms with Crippen molar-refractivity contribution < 1.29 is 30.2 Å². The minimum absolute atomic E-state index is 0.00641. The van der Waals surface area contributed by atoms with Crippen molar-refractivity contribution in [3.63, 3.8) is 0 Å². The van der Waals surface area contributed by atoms with Crippen molar-refractivity contribution in [2.24, 2.45) is 0 Å². The lowest BCUT2D eigenvalue weighted by atomic mass is 10.3. The van der Waals surface area contributed by atoms with Gasteiger partial charge in [-0.25, -0.2) is 12.8 Å². The molecule has 0 bridgehead atoms. The van der Waals surface area contributed by atoms with Crippen molar-refractivity contribution in [3.8, 4) is 0 Å². The molecule has 0 unspecified atom stereocenters. The molecule has 0 spiro atoms. The maximum atomic E-state index is 13.1. The number of nitrogens with one attached hydrogen (secondary N) is 1. The molecular formula is C11H13F4NO3S2. The van der Waals surface area contributed by atoms with Gasteiger partial charge in [0.2, 0.25) is 0 Å². The van der Waals surface area contributed by atoms with E-state index in [0.29, 0.717) is 11.8 Å². The summed E-state index contributed by atoms with van der Waals surface area (Å²) in [5.74, 6) is -0.585. The maximum absolute atomic E-state index is 13.1. The Morgan fingerprint density at radius 1 is 1.29 bits per heavy atom. The van der Waals surface area contributed by atoms with E-state index < -0.39 is 36.9 Å². The van der Waals surface area contributed by atoms with E-state index >= 15 is 0 Å². The van der Waals surface area contributed by atoms with Crippen LogP contribution in [0.3, 0.4) is 0 Å². The second kappa shape index (κ2) is 6.73. The molecule has 0 heterocycles. The first-order chi connectivity index (χ1) is 9.59. The largest absolute Gasteiger partial charge is 0.501 e. The summed E-state index contributed by atoms with van der Waals surface area (Å²) in [5, 5.41) is 2.45. The van der Waals surface area contributed by atoms with Crippen LogP contribution in [0.1, 0.15) is 6.92 Å². The Morgan fingerprint density at radius 3 is 2.43 bits per heavy atom. The fourth-order valence-electron chi connectivity index (χ4n) is 1.43. The van der Waals surface area contributed by atoms with Gasteiger partial charge in [-0.15, -0.1) is 0 Å². The van der Waals surface area contributed by atoms with Crippen LogP contribution in [0.15, 0.2) is 23.1 Å². The molecular weight excluding hydrogens is 334 g/mol. The molecule has 0 amide bonds. The molecule has 1 rings (SSSR count). The molecule has 0 aliphatic rings. The average Bonchev–Trinajstić information content (AvgIpc) is 2.38. The van der Waals surface area contributed by atoms with E-state index in [0.717, 1.165) is 12.1 Å². The maximum Gasteiger partial charge on any atom is 0.501 e. The van der Waals surface area contributed by atoms with Gasteiger partial charge in [0.15, 0.2) is 0 Å². The average molecular weight is 347 g/mol. The Labute approximate surface area is 121 Å². The van der Waals surface area contributed by atoms with Crippen molar-refractivity contribution in [2.75, 3.05) is 23.4 Å². The molecule has 0 fully saturated rings. The van der Waals surface area contributed by atoms with Crippen LogP contribution in [0.2, 0.25) is 0 Å². The quantitative estimate of drug-likeness (QED) is 0.802. The van der Waals surface area contributed by atoms with Crippen LogP contribution in [0.4, 0.5) is 23.2 Å². The van der Waals surface area contributed by atoms with Gasteiger partial charge in [-0.05, 0) is 18.2 Å². The molecule has 1 atom stereocenters. The highest BCUT2D eigenvalue weighted by Gasteiger charge is 2.48. The zero-order valence-electron chi connectivity index (χ0n) is 10.9. The lowest BCUT2D eigenvalue weighted by Crippen LogP contribution is -2.25. The SMILES string of the molecule is CC[S@](=O)CCNc1ccc(F)cc1S(=O)(=O)C(F)(F)F. The highest BCUT2D eigenvalue weighted by Crippen LogP contribution is 2.34. The van der Waals surface area contributed by atoms with E-state index in [4.69, 9.17) is 0 Å². The molecule has 10 heteroatoms. The third kappa shape index (κ3) is 4.40. The standard InChI is InChI=1S/C11H13F4NO3S2/c1-2-20(17)6-5-16-9-4-3-8(12)7-10(9)21(18,19)11(13,14)15/h3-4,7,16H,2,5-6H2,1H3/t20-/m0/s1. The second-order valence-corrected chi connectivity index (χ2v) is 7.72. The normalized spacial score (nSPS) is 14.0. The summed E-state index contributed by atoms with van der Waals surface area (Å²) >= 11 is 0. The Kier molecular flexibility index (Phi) is 5.74. The summed E-state index contributed by atoms with van der Waals surface area (Å²) in [6.07, 6.45) is 0. The zero-order chi connectivity index (χ0) is 16.3. The van der Waals surface area contributed by atoms with Gasteiger partial charge in [-0.2, -0.15) is 13.2 Å². The first kappa shape index (κ1) is 17.9. The van der Waals surface area contributed by atoms with E-state index in [-0.39, 0.29) is 18.0 Å². The van der Waals surface area contributed by atoms with Gasteiger partial charge in [0.1, 0.15) is 10.7 Å². The summed E-state index contributed by atoms with van der Waals surface area (Å²) in [7, 11) is -6.82. The summed E-state index contributed by atoms with van der Waals surface area (Å²) in [4.78, 5) is -1.18. The molecule has 0 aliphatic heterocycles. The zero-order valence-corrected chi connectivity index (χ0v) is 12.5. The van der Waals surface area contributed by atoms with Crippen LogP contribution in [0.25, 0.3) is 0 Å². The molecule has 4 nitrogen and oxygen atoms in total. The summed E-state index contributed by atoms with van der Waals surface area (Å²) in [5.41, 5.74) is -5.90. The minimum Gasteiger partial charge on any atom is -0.383 e. The first-order valence-electron chi connectivity index (χ1n) is 5.79. The van der Waals surface area contributed by atoms with Crippen molar-refractivity contribution >= 4 is 26.3 Å². The van der Waals surface area contributed by atoms with Crippen molar-refractivity contribution in [3.05, 3.63) is 24.0 Å². The van der Waals surface area contributed by atoms with Gasteiger partial charge < -0.3 is 5.32 Å². The molecule has 0 radical (unpaired) electrons. The number of rotatable bonds is 6. The number of anilines is 1. The Hall–Kier alpha value is -1.16. The molecule has 0 aromatic heterocycles. The number of sulfone groups is 1. The minimum atomic E-state index is -5.66. The molecule has 1 N–H and O–H groups in total. The third-order valence-corrected chi connectivity index (χ3v) is 5.33. The monoisotopic (exact) mass is 347 g/mol. The molecule has 1 aromatic carbocycles. The van der Waals surface area contributed by atoms with Gasteiger partial charge in [0, 0.05) is 28.9 Å². The lowest BCUT2D eigenvalue weighted by molar-refractivity contribution is -0.0435. The topological polar surface area (TPSA) is 63.2 Å². The third-order valence-electron chi connectivity index (χ3n) is 2.51. The van der Waals surface area contributed by atoms with Gasteiger partial charge >= 0.3 is 5.51 Å². The smallest absolute Gasteiger partial charge is 0.383 e. The number of hydrogen-bond donors (Lipinski definition) is 1. The molecule has 0 saturated carbocycles. The summed E-state index contributed by atoms with van der Waals surface area (Å²) < 4.78 is 84.7. The predicted molar refractivity (Wildman–Crippen MR) is 71.7 cm³/mol. The van der Waals surface area contributed by atoms with E-state index in [1.54, 1.807) is 6.92 Å². The predicted octanol–water partition coefficient (Wildman–Crippen LogP) is 2.30. The fraction of sp³-hybridized carbons (Fsp3) is 0.455. The van der Waals surface area contributed by atoms with E-state index in [2.05, 4.69) is 5.32 Å². The molecule has 0 aliphatic carbocycles. The van der Waals surface area contributed by atoms with E-state index in [1.807, 2.05) is 0 Å². The van der Waals surface area contributed by atoms with Crippen LogP contribution in [-0.4, -0.2) is 36.2 Å². The van der Waals surface area contributed by atoms with Crippen molar-refractivity contribution in [1.82, 2.24) is 0 Å². The van der Waals surface area contributed by atoms with E-state index in [1.165, 1.54) is 0 Å². The summed E-state index contributed by atoms with van der Waals surface area (Å²) in [6, 6.07) is 2.05. The van der Waals surface area contributed by atoms with Gasteiger partial charge in [-0.3, -0.25) is 4.21 Å². The van der Waals surface area contributed by atoms with Crippen LogP contribution in [-0.2, 0) is 20.6 Å². The molecule has 1 aromatic rings. The highest BCUT2D eigenvalue weighted by molar-refractivity contribution is 7.92. The van der Waals surface area contributed by atoms with Crippen LogP contribution in [0, 0.1) is 5.82 Å². The highest BCUT2D eigenvalue weighted by atomic mass is 32.2. The van der Waals surface area contributed by atoms with Crippen molar-refractivity contribution in [2.45, 2.75) is 17.3 Å². The Morgan fingerprint density at radius 2 is 1.90 bits per heavy atom. The van der Waals surface area contributed by atoms with E-state index in [9.17, 15) is 30.2 Å². The molecule has 120 valence electrons. The lowest BCUT2D eigenvalue weighted by Gasteiger charge is -2.14. The van der Waals surface area contributed by atoms with Crippen LogP contribution >= 0.6 is 0 Å². The number of benzene rings is 1. The van der Waals surface area contributed by atoms with Gasteiger partial charge in [0.05, 0.1) is 5.69 Å².